The monoisotopic (exact) mass is 408 g/mol. The van der Waals surface area contributed by atoms with Crippen molar-refractivity contribution in [3.05, 3.63) is 59.9 Å². The van der Waals surface area contributed by atoms with Gasteiger partial charge in [0, 0.05) is 29.9 Å². The molecule has 4 rings (SSSR count). The van der Waals surface area contributed by atoms with E-state index in [4.69, 9.17) is 0 Å². The Morgan fingerprint density at radius 2 is 1.80 bits per heavy atom. The molecule has 1 aromatic heterocycles. The average Bonchev–Trinajstić information content (AvgIpc) is 3.28. The van der Waals surface area contributed by atoms with Crippen LogP contribution in [0.4, 0.5) is 26.4 Å². The lowest BCUT2D eigenvalue weighted by Crippen LogP contribution is -2.20. The van der Waals surface area contributed by atoms with Crippen LogP contribution in [0.25, 0.3) is 10.9 Å². The fourth-order valence-electron chi connectivity index (χ4n) is 3.51. The Labute approximate surface area is 172 Å². The van der Waals surface area contributed by atoms with E-state index in [0.29, 0.717) is 22.3 Å². The van der Waals surface area contributed by atoms with Crippen LogP contribution in [-0.4, -0.2) is 37.2 Å². The topological polar surface area (TPSA) is 83.6 Å². The van der Waals surface area contributed by atoms with Gasteiger partial charge in [0.05, 0.1) is 12.7 Å². The predicted octanol–water partition coefficient (Wildman–Crippen LogP) is 4.40. The highest BCUT2D eigenvalue weighted by Gasteiger charge is 2.16. The number of pyridine rings is 1. The molecule has 0 spiro atoms. The number of amides is 2. The van der Waals surface area contributed by atoms with Crippen molar-refractivity contribution in [3.8, 4) is 0 Å². The van der Waals surface area contributed by atoms with Gasteiger partial charge in [-0.1, -0.05) is 6.07 Å². The van der Waals surface area contributed by atoms with Gasteiger partial charge in [0.2, 0.25) is 0 Å². The van der Waals surface area contributed by atoms with Gasteiger partial charge in [-0.2, -0.15) is 0 Å². The summed E-state index contributed by atoms with van der Waals surface area (Å²) in [7, 11) is 1.28. The molecule has 2 heterocycles. The van der Waals surface area contributed by atoms with Crippen LogP contribution in [0.5, 0.6) is 0 Å². The molecule has 30 heavy (non-hydrogen) atoms. The number of fused-ring (bicyclic) bond motifs is 1. The Kier molecular flexibility index (Phi) is 5.47. The largest absolute Gasteiger partial charge is 0.465 e. The minimum Gasteiger partial charge on any atom is -0.465 e. The van der Waals surface area contributed by atoms with Crippen LogP contribution in [0.1, 0.15) is 23.2 Å². The Morgan fingerprint density at radius 3 is 2.57 bits per heavy atom. The second kappa shape index (κ2) is 8.36. The van der Waals surface area contributed by atoms with E-state index in [1.807, 2.05) is 12.1 Å². The number of hydrogen-bond donors (Lipinski definition) is 2. The number of anilines is 3. The van der Waals surface area contributed by atoms with Crippen molar-refractivity contribution in [2.45, 2.75) is 12.8 Å². The molecule has 8 heteroatoms. The van der Waals surface area contributed by atoms with Crippen LogP contribution >= 0.6 is 0 Å². The van der Waals surface area contributed by atoms with E-state index in [0.717, 1.165) is 31.7 Å². The lowest BCUT2D eigenvalue weighted by Gasteiger charge is -2.17. The predicted molar refractivity (Wildman–Crippen MR) is 114 cm³/mol. The molecule has 1 fully saturated rings. The minimum absolute atomic E-state index is 0.274. The van der Waals surface area contributed by atoms with Gasteiger partial charge in [0.25, 0.3) is 0 Å². The molecule has 0 atom stereocenters. The van der Waals surface area contributed by atoms with Gasteiger partial charge in [-0.3, -0.25) is 0 Å². The molecule has 0 unspecified atom stereocenters. The van der Waals surface area contributed by atoms with Crippen molar-refractivity contribution in [1.29, 1.82) is 0 Å². The molecule has 7 nitrogen and oxygen atoms in total. The lowest BCUT2D eigenvalue weighted by molar-refractivity contribution is 0.0600. The number of urea groups is 1. The summed E-state index contributed by atoms with van der Waals surface area (Å²) in [5, 5.41) is 5.83. The number of aromatic nitrogens is 1. The first-order valence-electron chi connectivity index (χ1n) is 9.65. The van der Waals surface area contributed by atoms with Gasteiger partial charge < -0.3 is 20.3 Å². The molecule has 1 aliphatic rings. The highest BCUT2D eigenvalue weighted by atomic mass is 19.1. The molecule has 0 bridgehead atoms. The Balaban J connectivity index is 1.50. The second-order valence-corrected chi connectivity index (χ2v) is 7.04. The molecular weight excluding hydrogens is 387 g/mol. The highest BCUT2D eigenvalue weighted by molar-refractivity contribution is 6.02. The minimum atomic E-state index is -0.558. The number of nitrogens with zero attached hydrogens (tertiary/aromatic N) is 2. The number of ether oxygens (including phenoxy) is 1. The Morgan fingerprint density at radius 1 is 1.03 bits per heavy atom. The first-order valence-corrected chi connectivity index (χ1v) is 9.65. The molecular formula is C22H21FN4O3. The normalized spacial score (nSPS) is 13.3. The van der Waals surface area contributed by atoms with Crippen LogP contribution < -0.4 is 15.5 Å². The quantitative estimate of drug-likeness (QED) is 0.625. The third kappa shape index (κ3) is 4.17. The van der Waals surface area contributed by atoms with Crippen molar-refractivity contribution in [1.82, 2.24) is 4.98 Å². The number of nitrogens with one attached hydrogen (secondary N) is 2. The van der Waals surface area contributed by atoms with Crippen molar-refractivity contribution < 1.29 is 18.7 Å². The number of hydrogen-bond acceptors (Lipinski definition) is 5. The number of carbonyl (C=O) groups is 2. The molecule has 0 aliphatic carbocycles. The van der Waals surface area contributed by atoms with Crippen molar-refractivity contribution in [2.75, 3.05) is 35.7 Å². The maximum Gasteiger partial charge on any atom is 0.337 e. The first-order chi connectivity index (χ1) is 14.5. The summed E-state index contributed by atoms with van der Waals surface area (Å²) >= 11 is 0. The number of benzene rings is 2. The van der Waals surface area contributed by atoms with Crippen LogP contribution in [0.15, 0.2) is 48.5 Å². The summed E-state index contributed by atoms with van der Waals surface area (Å²) in [6, 6.07) is 12.4. The zero-order chi connectivity index (χ0) is 21.1. The molecule has 2 aromatic carbocycles. The van der Waals surface area contributed by atoms with Crippen molar-refractivity contribution >= 4 is 40.1 Å². The van der Waals surface area contributed by atoms with Gasteiger partial charge in [0.15, 0.2) is 5.82 Å². The molecule has 0 radical (unpaired) electrons. The van der Waals surface area contributed by atoms with E-state index in [-0.39, 0.29) is 5.52 Å². The van der Waals surface area contributed by atoms with E-state index in [9.17, 15) is 14.0 Å². The lowest BCUT2D eigenvalue weighted by atomic mass is 10.2. The zero-order valence-corrected chi connectivity index (χ0v) is 16.4. The van der Waals surface area contributed by atoms with Crippen LogP contribution in [0.2, 0.25) is 0 Å². The summed E-state index contributed by atoms with van der Waals surface area (Å²) in [4.78, 5) is 30.5. The fourth-order valence-corrected chi connectivity index (χ4v) is 3.51. The fraction of sp³-hybridized carbons (Fsp3) is 0.227. The summed E-state index contributed by atoms with van der Waals surface area (Å²) < 4.78 is 19.3. The van der Waals surface area contributed by atoms with Crippen LogP contribution in [0, 0.1) is 5.82 Å². The number of rotatable bonds is 4. The van der Waals surface area contributed by atoms with Gasteiger partial charge in [-0.05, 0) is 55.3 Å². The van der Waals surface area contributed by atoms with Gasteiger partial charge in [-0.25, -0.2) is 19.0 Å². The maximum absolute atomic E-state index is 14.7. The molecule has 0 saturated carbocycles. The number of esters is 1. The first kappa shape index (κ1) is 19.6. The van der Waals surface area contributed by atoms with E-state index in [2.05, 4.69) is 25.3 Å². The van der Waals surface area contributed by atoms with Crippen molar-refractivity contribution in [2.24, 2.45) is 0 Å². The summed E-state index contributed by atoms with van der Waals surface area (Å²) in [6.45, 7) is 1.86. The Bertz CT molecular complexity index is 1110. The third-order valence-electron chi connectivity index (χ3n) is 4.96. The molecule has 3 aromatic rings. The molecule has 1 aliphatic heterocycles. The number of methoxy groups -OCH3 is 1. The number of halogens is 1. The highest BCUT2D eigenvalue weighted by Crippen LogP contribution is 2.26. The summed E-state index contributed by atoms with van der Waals surface area (Å²) in [5.74, 6) is -0.240. The standard InChI is InChI=1S/C22H21FN4O3/c1-30-21(28)15-5-4-6-16(12-15)24-22(29)25-17-11-14-7-8-19(27-9-2-3-10-27)26-20(14)18(23)13-17/h4-8,11-13H,2-3,9-10H2,1H3,(H2,24,25,29). The SMILES string of the molecule is COC(=O)c1cccc(NC(=O)Nc2cc(F)c3nc(N4CCCC4)ccc3c2)c1. The van der Waals surface area contributed by atoms with Crippen LogP contribution in [0.3, 0.4) is 0 Å². The zero-order valence-electron chi connectivity index (χ0n) is 16.4. The molecule has 1 saturated heterocycles. The molecule has 154 valence electrons. The van der Waals surface area contributed by atoms with E-state index in [1.54, 1.807) is 24.3 Å². The van der Waals surface area contributed by atoms with Gasteiger partial charge >= 0.3 is 12.0 Å². The van der Waals surface area contributed by atoms with Gasteiger partial charge in [0.1, 0.15) is 11.3 Å². The van der Waals surface area contributed by atoms with E-state index < -0.39 is 17.8 Å². The summed E-state index contributed by atoms with van der Waals surface area (Å²) in [5.41, 5.74) is 1.30. The van der Waals surface area contributed by atoms with E-state index >= 15 is 0 Å². The third-order valence-corrected chi connectivity index (χ3v) is 4.96. The van der Waals surface area contributed by atoms with E-state index in [1.165, 1.54) is 19.2 Å². The molecule has 2 N–H and O–H groups in total. The smallest absolute Gasteiger partial charge is 0.337 e. The number of carbonyl (C=O) groups excluding carboxylic acids is 2. The maximum atomic E-state index is 14.7. The second-order valence-electron chi connectivity index (χ2n) is 7.04. The van der Waals surface area contributed by atoms with Crippen molar-refractivity contribution in [3.63, 3.8) is 0 Å². The average molecular weight is 408 g/mol. The molecule has 2 amide bonds. The van der Waals surface area contributed by atoms with Crippen LogP contribution in [-0.2, 0) is 4.74 Å². The summed E-state index contributed by atoms with van der Waals surface area (Å²) in [6.07, 6.45) is 2.23. The Hall–Kier alpha value is -3.68. The van der Waals surface area contributed by atoms with Gasteiger partial charge in [-0.15, -0.1) is 0 Å².